The minimum absolute atomic E-state index is 0.0724. The van der Waals surface area contributed by atoms with Crippen molar-refractivity contribution in [1.82, 2.24) is 5.32 Å². The van der Waals surface area contributed by atoms with Gasteiger partial charge in [0.25, 0.3) is 0 Å². The number of benzene rings is 1. The fraction of sp³-hybridized carbons (Fsp3) is 0.471. The average molecular weight is 322 g/mol. The molecule has 0 aromatic heterocycles. The van der Waals surface area contributed by atoms with Gasteiger partial charge in [0.05, 0.1) is 5.38 Å². The van der Waals surface area contributed by atoms with Crippen molar-refractivity contribution >= 4 is 29.3 Å². The standard InChI is InChI=1S/C17H20ClNOS/c1-11(2)19-16(20)17(21-14-6-4-3-5-7-14)13-9-8-12(10-13)15(17)18/h3-9,11-13,15H,10H2,1-2H3,(H,19,20)/t12-,13+,15-,17+/m0/s1. The number of hydrogen-bond donors (Lipinski definition) is 1. The van der Waals surface area contributed by atoms with Gasteiger partial charge in [-0.2, -0.15) is 0 Å². The Morgan fingerprint density at radius 1 is 1.33 bits per heavy atom. The summed E-state index contributed by atoms with van der Waals surface area (Å²) in [5.74, 6) is 0.600. The summed E-state index contributed by atoms with van der Waals surface area (Å²) in [7, 11) is 0. The van der Waals surface area contributed by atoms with E-state index in [2.05, 4.69) is 17.5 Å². The number of alkyl halides is 1. The normalized spacial score (nSPS) is 33.6. The van der Waals surface area contributed by atoms with Gasteiger partial charge in [-0.25, -0.2) is 0 Å². The lowest BCUT2D eigenvalue weighted by atomic mass is 9.90. The molecule has 0 radical (unpaired) electrons. The number of carbonyl (C=O) groups excluding carboxylic acids is 1. The first-order valence-electron chi connectivity index (χ1n) is 7.41. The molecular formula is C17H20ClNOS. The van der Waals surface area contributed by atoms with Gasteiger partial charge in [-0.05, 0) is 38.3 Å². The highest BCUT2D eigenvalue weighted by molar-refractivity contribution is 8.01. The average Bonchev–Trinajstić information content (AvgIpc) is 3.02. The fourth-order valence-corrected chi connectivity index (χ4v) is 5.35. The number of hydrogen-bond acceptors (Lipinski definition) is 2. The van der Waals surface area contributed by atoms with Crippen LogP contribution in [0.2, 0.25) is 0 Å². The molecular weight excluding hydrogens is 302 g/mol. The van der Waals surface area contributed by atoms with Gasteiger partial charge in [0.1, 0.15) is 4.75 Å². The molecule has 1 aromatic carbocycles. The minimum Gasteiger partial charge on any atom is -0.353 e. The van der Waals surface area contributed by atoms with Crippen LogP contribution in [0.25, 0.3) is 0 Å². The van der Waals surface area contributed by atoms with Gasteiger partial charge in [0.15, 0.2) is 0 Å². The molecule has 1 saturated carbocycles. The monoisotopic (exact) mass is 321 g/mol. The largest absolute Gasteiger partial charge is 0.353 e. The molecule has 1 aromatic rings. The lowest BCUT2D eigenvalue weighted by Crippen LogP contribution is -2.54. The highest BCUT2D eigenvalue weighted by Gasteiger charge is 2.60. The number of amides is 1. The molecule has 4 heteroatoms. The van der Waals surface area contributed by atoms with E-state index in [-0.39, 0.29) is 23.2 Å². The third kappa shape index (κ3) is 2.51. The van der Waals surface area contributed by atoms with Crippen LogP contribution in [0.5, 0.6) is 0 Å². The Balaban J connectivity index is 1.96. The summed E-state index contributed by atoms with van der Waals surface area (Å²) >= 11 is 8.35. The molecule has 0 unspecified atom stereocenters. The summed E-state index contributed by atoms with van der Waals surface area (Å²) in [4.78, 5) is 14.0. The van der Waals surface area contributed by atoms with Crippen molar-refractivity contribution in [3.05, 3.63) is 42.5 Å². The molecule has 2 aliphatic rings. The number of nitrogens with one attached hydrogen (secondary N) is 1. The van der Waals surface area contributed by atoms with Crippen LogP contribution < -0.4 is 5.32 Å². The molecule has 1 amide bonds. The number of rotatable bonds is 4. The van der Waals surface area contributed by atoms with E-state index in [1.165, 1.54) is 0 Å². The van der Waals surface area contributed by atoms with Crippen molar-refractivity contribution < 1.29 is 4.79 Å². The Morgan fingerprint density at radius 3 is 2.62 bits per heavy atom. The first-order valence-corrected chi connectivity index (χ1v) is 8.66. The van der Waals surface area contributed by atoms with Crippen molar-refractivity contribution in [2.45, 2.75) is 41.3 Å². The van der Waals surface area contributed by atoms with Crippen LogP contribution in [0, 0.1) is 11.8 Å². The van der Waals surface area contributed by atoms with Gasteiger partial charge < -0.3 is 5.32 Å². The molecule has 1 N–H and O–H groups in total. The van der Waals surface area contributed by atoms with E-state index < -0.39 is 4.75 Å². The van der Waals surface area contributed by atoms with Gasteiger partial charge in [-0.3, -0.25) is 4.79 Å². The second-order valence-corrected chi connectivity index (χ2v) is 7.95. The highest BCUT2D eigenvalue weighted by atomic mass is 35.5. The van der Waals surface area contributed by atoms with Crippen molar-refractivity contribution in [2.24, 2.45) is 11.8 Å². The molecule has 0 saturated heterocycles. The molecule has 1 fully saturated rings. The molecule has 2 bridgehead atoms. The van der Waals surface area contributed by atoms with Gasteiger partial charge in [0, 0.05) is 16.9 Å². The van der Waals surface area contributed by atoms with E-state index in [9.17, 15) is 4.79 Å². The molecule has 0 spiro atoms. The van der Waals surface area contributed by atoms with E-state index >= 15 is 0 Å². The summed E-state index contributed by atoms with van der Waals surface area (Å²) in [6.07, 6.45) is 5.34. The Morgan fingerprint density at radius 2 is 2.05 bits per heavy atom. The number of fused-ring (bicyclic) bond motifs is 2. The maximum absolute atomic E-state index is 12.9. The molecule has 3 rings (SSSR count). The summed E-state index contributed by atoms with van der Waals surface area (Å²) in [6.45, 7) is 3.98. The third-order valence-electron chi connectivity index (χ3n) is 4.26. The zero-order valence-corrected chi connectivity index (χ0v) is 13.8. The predicted molar refractivity (Wildman–Crippen MR) is 88.7 cm³/mol. The third-order valence-corrected chi connectivity index (χ3v) is 6.64. The maximum Gasteiger partial charge on any atom is 0.238 e. The summed E-state index contributed by atoms with van der Waals surface area (Å²) in [5.41, 5.74) is 0. The summed E-state index contributed by atoms with van der Waals surface area (Å²) in [6, 6.07) is 10.2. The van der Waals surface area contributed by atoms with E-state index in [0.29, 0.717) is 5.92 Å². The SMILES string of the molecule is CC(C)NC(=O)[C@@]1(Sc2ccccc2)[C@@H]2C=C[C@@H](C2)[C@@H]1Cl. The molecule has 4 atom stereocenters. The quantitative estimate of drug-likeness (QED) is 0.674. The van der Waals surface area contributed by atoms with E-state index in [4.69, 9.17) is 11.6 Å². The first kappa shape index (κ1) is 15.0. The smallest absolute Gasteiger partial charge is 0.238 e. The Bertz CT molecular complexity index is 559. The fourth-order valence-electron chi connectivity index (χ4n) is 3.32. The van der Waals surface area contributed by atoms with Crippen molar-refractivity contribution in [1.29, 1.82) is 0 Å². The van der Waals surface area contributed by atoms with Crippen LogP contribution in [0.4, 0.5) is 0 Å². The molecule has 0 heterocycles. The zero-order valence-electron chi connectivity index (χ0n) is 12.3. The number of halogens is 1. The molecule has 2 aliphatic carbocycles. The number of thioether (sulfide) groups is 1. The highest BCUT2D eigenvalue weighted by Crippen LogP contribution is 2.57. The van der Waals surface area contributed by atoms with E-state index in [1.807, 2.05) is 44.2 Å². The molecule has 112 valence electrons. The molecule has 21 heavy (non-hydrogen) atoms. The topological polar surface area (TPSA) is 29.1 Å². The Labute approximate surface area is 135 Å². The summed E-state index contributed by atoms with van der Waals surface area (Å²) in [5, 5.41) is 2.93. The summed E-state index contributed by atoms with van der Waals surface area (Å²) < 4.78 is -0.591. The van der Waals surface area contributed by atoms with Gasteiger partial charge in [0.2, 0.25) is 5.91 Å². The van der Waals surface area contributed by atoms with Gasteiger partial charge in [-0.15, -0.1) is 23.4 Å². The number of carbonyl (C=O) groups is 1. The maximum atomic E-state index is 12.9. The predicted octanol–water partition coefficient (Wildman–Crippen LogP) is 3.86. The van der Waals surface area contributed by atoms with Gasteiger partial charge in [-0.1, -0.05) is 30.4 Å². The second-order valence-electron chi connectivity index (χ2n) is 6.13. The Hall–Kier alpha value is -0.930. The van der Waals surface area contributed by atoms with Crippen molar-refractivity contribution in [3.8, 4) is 0 Å². The van der Waals surface area contributed by atoms with Crippen LogP contribution in [-0.4, -0.2) is 22.1 Å². The van der Waals surface area contributed by atoms with Crippen LogP contribution in [-0.2, 0) is 4.79 Å². The van der Waals surface area contributed by atoms with Crippen LogP contribution in [0.1, 0.15) is 20.3 Å². The zero-order chi connectivity index (χ0) is 15.0. The lowest BCUT2D eigenvalue weighted by molar-refractivity contribution is -0.124. The first-order chi connectivity index (χ1) is 10.0. The van der Waals surface area contributed by atoms with Crippen molar-refractivity contribution in [3.63, 3.8) is 0 Å². The van der Waals surface area contributed by atoms with Gasteiger partial charge >= 0.3 is 0 Å². The van der Waals surface area contributed by atoms with E-state index in [0.717, 1.165) is 11.3 Å². The van der Waals surface area contributed by atoms with Crippen LogP contribution >= 0.6 is 23.4 Å². The second kappa shape index (κ2) is 5.69. The lowest BCUT2D eigenvalue weighted by Gasteiger charge is -2.37. The van der Waals surface area contributed by atoms with Crippen molar-refractivity contribution in [2.75, 3.05) is 0 Å². The van der Waals surface area contributed by atoms with Crippen LogP contribution in [0.15, 0.2) is 47.4 Å². The van der Waals surface area contributed by atoms with Crippen LogP contribution in [0.3, 0.4) is 0 Å². The minimum atomic E-state index is -0.591. The number of allylic oxidation sites excluding steroid dienone is 2. The molecule has 0 aliphatic heterocycles. The molecule has 2 nitrogen and oxygen atoms in total. The van der Waals surface area contributed by atoms with E-state index in [1.54, 1.807) is 11.8 Å². The Kier molecular flexibility index (Phi) is 4.06.